The van der Waals surface area contributed by atoms with Crippen LogP contribution in [0.15, 0.2) is 24.3 Å². The third-order valence-corrected chi connectivity index (χ3v) is 4.19. The van der Waals surface area contributed by atoms with E-state index in [0.29, 0.717) is 0 Å². The maximum absolute atomic E-state index is 12.1. The van der Waals surface area contributed by atoms with Crippen LogP contribution in [0.25, 0.3) is 0 Å². The number of urea groups is 1. The van der Waals surface area contributed by atoms with Gasteiger partial charge in [-0.25, -0.2) is 4.79 Å². The van der Waals surface area contributed by atoms with E-state index >= 15 is 0 Å². The first-order valence-electron chi connectivity index (χ1n) is 6.53. The first kappa shape index (κ1) is 11.5. The Hall–Kier alpha value is -1.55. The number of rotatable bonds is 2. The quantitative estimate of drug-likeness (QED) is 0.865. The second-order valence-corrected chi connectivity index (χ2v) is 5.38. The van der Waals surface area contributed by atoms with E-state index in [-0.39, 0.29) is 11.6 Å². The fourth-order valence-corrected chi connectivity index (χ4v) is 2.83. The van der Waals surface area contributed by atoms with Gasteiger partial charge < -0.3 is 10.6 Å². The minimum absolute atomic E-state index is 0.0744. The van der Waals surface area contributed by atoms with E-state index in [1.54, 1.807) is 4.90 Å². The lowest BCUT2D eigenvalue weighted by atomic mass is 9.72. The van der Waals surface area contributed by atoms with Crippen molar-refractivity contribution in [1.82, 2.24) is 4.90 Å². The number of hydrogen-bond donors (Lipinski definition) is 1. The summed E-state index contributed by atoms with van der Waals surface area (Å²) in [6.45, 7) is 1.53. The summed E-state index contributed by atoms with van der Waals surface area (Å²) in [6, 6.07) is 8.15. The second kappa shape index (κ2) is 3.99. The Morgan fingerprint density at radius 2 is 1.94 bits per heavy atom. The zero-order valence-electron chi connectivity index (χ0n) is 10.7. The monoisotopic (exact) mass is 245 g/mol. The molecule has 2 N–H and O–H groups in total. The summed E-state index contributed by atoms with van der Waals surface area (Å²) in [5, 5.41) is 0. The highest BCUT2D eigenvalue weighted by atomic mass is 16.2. The average Bonchev–Trinajstić information content (AvgIpc) is 2.67. The molecule has 1 aliphatic heterocycles. The van der Waals surface area contributed by atoms with Gasteiger partial charge in [-0.2, -0.15) is 0 Å². The summed E-state index contributed by atoms with van der Waals surface area (Å²) >= 11 is 0. The van der Waals surface area contributed by atoms with Gasteiger partial charge in [-0.15, -0.1) is 0 Å². The minimum atomic E-state index is -0.224. The number of carbonyl (C=O) groups is 1. The summed E-state index contributed by atoms with van der Waals surface area (Å²) in [4.78, 5) is 15.7. The molecule has 4 nitrogen and oxygen atoms in total. The molecule has 1 heterocycles. The molecule has 0 radical (unpaired) electrons. The third kappa shape index (κ3) is 1.60. The Morgan fingerprint density at radius 1 is 1.22 bits per heavy atom. The molecule has 0 atom stereocenters. The summed E-state index contributed by atoms with van der Waals surface area (Å²) < 4.78 is 0. The van der Waals surface area contributed by atoms with E-state index in [1.165, 1.54) is 6.42 Å². The molecule has 0 spiro atoms. The molecule has 1 aromatic rings. The van der Waals surface area contributed by atoms with Crippen LogP contribution in [0.5, 0.6) is 0 Å². The van der Waals surface area contributed by atoms with Gasteiger partial charge in [0, 0.05) is 25.7 Å². The van der Waals surface area contributed by atoms with Crippen LogP contribution >= 0.6 is 0 Å². The molecular weight excluding hydrogens is 226 g/mol. The molecule has 0 bridgehead atoms. The largest absolute Gasteiger partial charge is 0.326 e. The molecule has 18 heavy (non-hydrogen) atoms. The van der Waals surface area contributed by atoms with Crippen molar-refractivity contribution in [3.05, 3.63) is 29.8 Å². The molecule has 1 saturated heterocycles. The van der Waals surface area contributed by atoms with Crippen molar-refractivity contribution in [2.45, 2.75) is 24.8 Å². The average molecular weight is 245 g/mol. The van der Waals surface area contributed by atoms with E-state index < -0.39 is 0 Å². The van der Waals surface area contributed by atoms with Crippen LogP contribution < -0.4 is 10.6 Å². The minimum Gasteiger partial charge on any atom is -0.326 e. The lowest BCUT2D eigenvalue weighted by molar-refractivity contribution is 0.228. The molecule has 4 heteroatoms. The summed E-state index contributed by atoms with van der Waals surface area (Å²) in [7, 11) is 1.84. The van der Waals surface area contributed by atoms with Gasteiger partial charge in [-0.3, -0.25) is 4.90 Å². The standard InChI is InChI=1S/C14H19N3O/c1-16-9-10-17(13(16)18)12-6-3-2-5-11(12)14(15)7-4-8-14/h2-3,5-6H,4,7-10,15H2,1H3. The van der Waals surface area contributed by atoms with Crippen LogP contribution in [0.4, 0.5) is 10.5 Å². The van der Waals surface area contributed by atoms with E-state index in [1.807, 2.05) is 30.1 Å². The number of nitrogens with zero attached hydrogens (tertiary/aromatic N) is 2. The number of hydrogen-bond acceptors (Lipinski definition) is 2. The van der Waals surface area contributed by atoms with Gasteiger partial charge in [0.25, 0.3) is 0 Å². The molecule has 1 aromatic carbocycles. The number of para-hydroxylation sites is 1. The molecule has 2 amide bonds. The number of anilines is 1. The van der Waals surface area contributed by atoms with Crippen LogP contribution in [0.1, 0.15) is 24.8 Å². The first-order valence-corrected chi connectivity index (χ1v) is 6.53. The van der Waals surface area contributed by atoms with Crippen LogP contribution in [0.2, 0.25) is 0 Å². The normalized spacial score (nSPS) is 22.2. The number of amides is 2. The summed E-state index contributed by atoms with van der Waals surface area (Å²) in [5.74, 6) is 0. The van der Waals surface area contributed by atoms with E-state index in [4.69, 9.17) is 5.73 Å². The molecule has 1 saturated carbocycles. The SMILES string of the molecule is CN1CCN(c2ccccc2C2(N)CCC2)C1=O. The third-order valence-electron chi connectivity index (χ3n) is 4.19. The molecular formula is C14H19N3O. The molecule has 3 rings (SSSR count). The Morgan fingerprint density at radius 3 is 2.50 bits per heavy atom. The zero-order chi connectivity index (χ0) is 12.8. The molecule has 2 aliphatic rings. The highest BCUT2D eigenvalue weighted by Crippen LogP contribution is 2.43. The van der Waals surface area contributed by atoms with Crippen molar-refractivity contribution in [1.29, 1.82) is 0 Å². The lowest BCUT2D eigenvalue weighted by Crippen LogP contribution is -2.45. The number of likely N-dealkylation sites (N-methyl/N-ethyl adjacent to an activating group) is 1. The van der Waals surface area contributed by atoms with E-state index in [0.717, 1.165) is 37.2 Å². The Bertz CT molecular complexity index is 482. The highest BCUT2D eigenvalue weighted by Gasteiger charge is 2.38. The van der Waals surface area contributed by atoms with Crippen molar-refractivity contribution in [3.8, 4) is 0 Å². The summed E-state index contributed by atoms with van der Waals surface area (Å²) in [6.07, 6.45) is 3.21. The Labute approximate surface area is 107 Å². The molecule has 0 unspecified atom stereocenters. The molecule has 96 valence electrons. The number of carbonyl (C=O) groups excluding carboxylic acids is 1. The fourth-order valence-electron chi connectivity index (χ4n) is 2.83. The van der Waals surface area contributed by atoms with Crippen LogP contribution in [-0.2, 0) is 5.54 Å². The van der Waals surface area contributed by atoms with Crippen LogP contribution in [0.3, 0.4) is 0 Å². The Kier molecular flexibility index (Phi) is 2.55. The van der Waals surface area contributed by atoms with Gasteiger partial charge in [-0.1, -0.05) is 18.2 Å². The van der Waals surface area contributed by atoms with Gasteiger partial charge in [0.05, 0.1) is 5.69 Å². The predicted molar refractivity (Wildman–Crippen MR) is 71.5 cm³/mol. The zero-order valence-corrected chi connectivity index (χ0v) is 10.7. The maximum atomic E-state index is 12.1. The first-order chi connectivity index (χ1) is 8.62. The number of benzene rings is 1. The van der Waals surface area contributed by atoms with Crippen molar-refractivity contribution < 1.29 is 4.79 Å². The maximum Gasteiger partial charge on any atom is 0.324 e. The predicted octanol–water partition coefficient (Wildman–Crippen LogP) is 1.90. The van der Waals surface area contributed by atoms with Crippen molar-refractivity contribution in [2.24, 2.45) is 5.73 Å². The smallest absolute Gasteiger partial charge is 0.324 e. The topological polar surface area (TPSA) is 49.6 Å². The number of nitrogens with two attached hydrogens (primary N) is 1. The van der Waals surface area contributed by atoms with Gasteiger partial charge in [0.15, 0.2) is 0 Å². The molecule has 0 aromatic heterocycles. The van der Waals surface area contributed by atoms with Crippen molar-refractivity contribution >= 4 is 11.7 Å². The van der Waals surface area contributed by atoms with Crippen molar-refractivity contribution in [2.75, 3.05) is 25.0 Å². The van der Waals surface area contributed by atoms with Gasteiger partial charge in [0.1, 0.15) is 0 Å². The van der Waals surface area contributed by atoms with Crippen molar-refractivity contribution in [3.63, 3.8) is 0 Å². The molecule has 1 aliphatic carbocycles. The Balaban J connectivity index is 2.00. The second-order valence-electron chi connectivity index (χ2n) is 5.38. The summed E-state index contributed by atoms with van der Waals surface area (Å²) in [5.41, 5.74) is 8.32. The van der Waals surface area contributed by atoms with Gasteiger partial charge in [0.2, 0.25) is 0 Å². The lowest BCUT2D eigenvalue weighted by Gasteiger charge is -2.40. The highest BCUT2D eigenvalue weighted by molar-refractivity contribution is 5.95. The van der Waals surface area contributed by atoms with Crippen LogP contribution in [-0.4, -0.2) is 31.1 Å². The fraction of sp³-hybridized carbons (Fsp3) is 0.500. The van der Waals surface area contributed by atoms with E-state index in [2.05, 4.69) is 6.07 Å². The van der Waals surface area contributed by atoms with E-state index in [9.17, 15) is 4.79 Å². The van der Waals surface area contributed by atoms with Crippen LogP contribution in [0, 0.1) is 0 Å². The van der Waals surface area contributed by atoms with Gasteiger partial charge in [-0.05, 0) is 30.9 Å². The molecule has 2 fully saturated rings. The van der Waals surface area contributed by atoms with Gasteiger partial charge >= 0.3 is 6.03 Å².